The normalized spacial score (nSPS) is 12.0. The number of hydrogen-bond acceptors (Lipinski definition) is 0. The Morgan fingerprint density at radius 2 is 0.519 bits per heavy atom. The molecule has 0 aromatic heterocycles. The summed E-state index contributed by atoms with van der Waals surface area (Å²) >= 11 is 0. The van der Waals surface area contributed by atoms with Gasteiger partial charge < -0.3 is 0 Å². The van der Waals surface area contributed by atoms with Crippen LogP contribution in [0.4, 0.5) is 0 Å². The van der Waals surface area contributed by atoms with Gasteiger partial charge in [0.2, 0.25) is 0 Å². The standard InChI is InChI=1S/C27H56/c1-5-9-13-17-21-25-27(23-19-15-11-7-3,24-20-16-12-8-4)26-22-18-14-10-6-2/h5-26H2,1-4H3. The molecule has 0 fully saturated rings. The third kappa shape index (κ3) is 16.6. The van der Waals surface area contributed by atoms with Crippen molar-refractivity contribution in [2.45, 2.75) is 169 Å². The topological polar surface area (TPSA) is 0 Å². The summed E-state index contributed by atoms with van der Waals surface area (Å²) in [6, 6.07) is 0. The molecule has 0 nitrogen and oxygen atoms in total. The van der Waals surface area contributed by atoms with E-state index in [4.69, 9.17) is 0 Å². The molecule has 0 spiro atoms. The largest absolute Gasteiger partial charge is 0.0654 e. The summed E-state index contributed by atoms with van der Waals surface area (Å²) in [4.78, 5) is 0. The minimum absolute atomic E-state index is 0.694. The summed E-state index contributed by atoms with van der Waals surface area (Å²) < 4.78 is 0. The molecule has 164 valence electrons. The summed E-state index contributed by atoms with van der Waals surface area (Å²) in [5, 5.41) is 0. The molecule has 0 saturated carbocycles. The van der Waals surface area contributed by atoms with Gasteiger partial charge in [0.05, 0.1) is 0 Å². The molecule has 0 aromatic carbocycles. The lowest BCUT2D eigenvalue weighted by Gasteiger charge is -2.35. The summed E-state index contributed by atoms with van der Waals surface area (Å²) in [6.07, 6.45) is 32.2. The van der Waals surface area contributed by atoms with Crippen molar-refractivity contribution in [3.05, 3.63) is 0 Å². The van der Waals surface area contributed by atoms with Crippen molar-refractivity contribution in [2.75, 3.05) is 0 Å². The van der Waals surface area contributed by atoms with Gasteiger partial charge >= 0.3 is 0 Å². The van der Waals surface area contributed by atoms with E-state index >= 15 is 0 Å². The van der Waals surface area contributed by atoms with Crippen LogP contribution in [0.25, 0.3) is 0 Å². The van der Waals surface area contributed by atoms with E-state index in [9.17, 15) is 0 Å². The molecule has 0 rings (SSSR count). The lowest BCUT2D eigenvalue weighted by molar-refractivity contribution is 0.172. The molecule has 0 heteroatoms. The summed E-state index contributed by atoms with van der Waals surface area (Å²) in [6.45, 7) is 9.36. The molecular formula is C27H56. The van der Waals surface area contributed by atoms with Gasteiger partial charge in [0.25, 0.3) is 0 Å². The van der Waals surface area contributed by atoms with Crippen LogP contribution in [-0.2, 0) is 0 Å². The van der Waals surface area contributed by atoms with Crippen LogP contribution in [0.15, 0.2) is 0 Å². The van der Waals surface area contributed by atoms with Crippen LogP contribution in [0.3, 0.4) is 0 Å². The van der Waals surface area contributed by atoms with Crippen molar-refractivity contribution < 1.29 is 0 Å². The fourth-order valence-corrected chi connectivity index (χ4v) is 4.81. The van der Waals surface area contributed by atoms with E-state index in [0.717, 1.165) is 0 Å². The van der Waals surface area contributed by atoms with E-state index in [1.165, 1.54) is 141 Å². The molecule has 0 aliphatic rings. The summed E-state index contributed by atoms with van der Waals surface area (Å²) in [5.41, 5.74) is 0.694. The molecule has 0 heterocycles. The van der Waals surface area contributed by atoms with E-state index in [-0.39, 0.29) is 0 Å². The average Bonchev–Trinajstić information content (AvgIpc) is 2.68. The van der Waals surface area contributed by atoms with Crippen LogP contribution in [0.2, 0.25) is 0 Å². The first-order chi connectivity index (χ1) is 13.2. The van der Waals surface area contributed by atoms with E-state index in [1.807, 2.05) is 0 Å². The molecule has 0 radical (unpaired) electrons. The Kier molecular flexibility index (Phi) is 20.7. The van der Waals surface area contributed by atoms with E-state index in [1.54, 1.807) is 0 Å². The van der Waals surface area contributed by atoms with Crippen LogP contribution in [-0.4, -0.2) is 0 Å². The fraction of sp³-hybridized carbons (Fsp3) is 1.00. The molecule has 0 atom stereocenters. The second-order valence-corrected chi connectivity index (χ2v) is 9.45. The highest BCUT2D eigenvalue weighted by Crippen LogP contribution is 2.42. The van der Waals surface area contributed by atoms with Gasteiger partial charge in [0, 0.05) is 0 Å². The van der Waals surface area contributed by atoms with Gasteiger partial charge in [-0.3, -0.25) is 0 Å². The summed E-state index contributed by atoms with van der Waals surface area (Å²) in [5.74, 6) is 0. The van der Waals surface area contributed by atoms with Crippen LogP contribution in [0.1, 0.15) is 169 Å². The van der Waals surface area contributed by atoms with Crippen molar-refractivity contribution in [2.24, 2.45) is 5.41 Å². The first-order valence-corrected chi connectivity index (χ1v) is 13.2. The minimum atomic E-state index is 0.694. The zero-order valence-corrected chi connectivity index (χ0v) is 20.1. The van der Waals surface area contributed by atoms with Crippen molar-refractivity contribution in [1.82, 2.24) is 0 Å². The van der Waals surface area contributed by atoms with Gasteiger partial charge in [-0.05, 0) is 31.1 Å². The van der Waals surface area contributed by atoms with E-state index < -0.39 is 0 Å². The smallest absolute Gasteiger partial charge is 0.0297 e. The maximum Gasteiger partial charge on any atom is -0.0297 e. The van der Waals surface area contributed by atoms with Crippen molar-refractivity contribution in [3.8, 4) is 0 Å². The second-order valence-electron chi connectivity index (χ2n) is 9.45. The molecule has 0 aliphatic heterocycles. The van der Waals surface area contributed by atoms with E-state index in [2.05, 4.69) is 27.7 Å². The highest BCUT2D eigenvalue weighted by atomic mass is 14.3. The van der Waals surface area contributed by atoms with Crippen molar-refractivity contribution in [3.63, 3.8) is 0 Å². The lowest BCUT2D eigenvalue weighted by atomic mass is 9.70. The van der Waals surface area contributed by atoms with Crippen LogP contribution >= 0.6 is 0 Å². The minimum Gasteiger partial charge on any atom is -0.0654 e. The van der Waals surface area contributed by atoms with Gasteiger partial charge in [-0.25, -0.2) is 0 Å². The maximum atomic E-state index is 2.35. The molecule has 0 saturated heterocycles. The highest BCUT2D eigenvalue weighted by molar-refractivity contribution is 4.80. The number of unbranched alkanes of at least 4 members (excludes halogenated alkanes) is 14. The Hall–Kier alpha value is 0. The molecule has 0 aromatic rings. The van der Waals surface area contributed by atoms with Crippen LogP contribution in [0.5, 0.6) is 0 Å². The van der Waals surface area contributed by atoms with E-state index in [0.29, 0.717) is 5.41 Å². The molecule has 27 heavy (non-hydrogen) atoms. The average molecular weight is 381 g/mol. The predicted octanol–water partition coefficient (Wildman–Crippen LogP) is 10.6. The molecule has 0 unspecified atom stereocenters. The Balaban J connectivity index is 4.64. The van der Waals surface area contributed by atoms with Gasteiger partial charge in [0.15, 0.2) is 0 Å². The molecule has 0 amide bonds. The Morgan fingerprint density at radius 3 is 0.778 bits per heavy atom. The van der Waals surface area contributed by atoms with Gasteiger partial charge in [-0.15, -0.1) is 0 Å². The third-order valence-corrected chi connectivity index (χ3v) is 6.74. The van der Waals surface area contributed by atoms with Crippen LogP contribution in [0, 0.1) is 5.41 Å². The monoisotopic (exact) mass is 380 g/mol. The van der Waals surface area contributed by atoms with Crippen molar-refractivity contribution in [1.29, 1.82) is 0 Å². The lowest BCUT2D eigenvalue weighted by Crippen LogP contribution is -2.21. The Morgan fingerprint density at radius 1 is 0.296 bits per heavy atom. The van der Waals surface area contributed by atoms with Gasteiger partial charge in [0.1, 0.15) is 0 Å². The second kappa shape index (κ2) is 20.7. The van der Waals surface area contributed by atoms with Gasteiger partial charge in [-0.2, -0.15) is 0 Å². The summed E-state index contributed by atoms with van der Waals surface area (Å²) in [7, 11) is 0. The van der Waals surface area contributed by atoms with Gasteiger partial charge in [-0.1, -0.05) is 143 Å². The Labute approximate surface area is 174 Å². The fourth-order valence-electron chi connectivity index (χ4n) is 4.81. The molecule has 0 bridgehead atoms. The van der Waals surface area contributed by atoms with Crippen molar-refractivity contribution >= 4 is 0 Å². The number of rotatable bonds is 22. The first-order valence-electron chi connectivity index (χ1n) is 13.2. The molecule has 0 N–H and O–H groups in total. The maximum absolute atomic E-state index is 2.35. The third-order valence-electron chi connectivity index (χ3n) is 6.74. The SMILES string of the molecule is CCCCCCCC(CCCCCC)(CCCCCC)CCCCCCC. The molecular weight excluding hydrogens is 324 g/mol. The quantitative estimate of drug-likeness (QED) is 0.164. The first kappa shape index (κ1) is 27.0. The zero-order valence-electron chi connectivity index (χ0n) is 20.1. The zero-order chi connectivity index (χ0) is 20.1. The predicted molar refractivity (Wildman–Crippen MR) is 127 cm³/mol. The molecule has 0 aliphatic carbocycles. The van der Waals surface area contributed by atoms with Crippen LogP contribution < -0.4 is 0 Å². The highest BCUT2D eigenvalue weighted by Gasteiger charge is 2.28. The Bertz CT molecular complexity index is 239. The number of hydrogen-bond donors (Lipinski definition) is 0.